The molecule has 0 aliphatic carbocycles. The number of aryl methyl sites for hydroxylation is 1. The fourth-order valence-corrected chi connectivity index (χ4v) is 3.57. The molecule has 0 spiro atoms. The number of nitrogens with zero attached hydrogens (tertiary/aromatic N) is 3. The topological polar surface area (TPSA) is 81.1 Å². The van der Waals surface area contributed by atoms with Crippen molar-refractivity contribution in [3.63, 3.8) is 0 Å². The minimum Gasteiger partial charge on any atom is -0.497 e. The molecule has 2 aromatic carbocycles. The summed E-state index contributed by atoms with van der Waals surface area (Å²) in [4.78, 5) is 17.6. The second-order valence-corrected chi connectivity index (χ2v) is 7.22. The van der Waals surface area contributed by atoms with Crippen LogP contribution in [0, 0.1) is 6.92 Å². The summed E-state index contributed by atoms with van der Waals surface area (Å²) in [5, 5.41) is 11.0. The van der Waals surface area contributed by atoms with Crippen molar-refractivity contribution in [1.82, 2.24) is 14.8 Å². The maximum atomic E-state index is 13.3. The summed E-state index contributed by atoms with van der Waals surface area (Å²) < 4.78 is 6.96. The Labute approximate surface area is 173 Å². The Bertz CT molecular complexity index is 1100. The van der Waals surface area contributed by atoms with Crippen LogP contribution in [0.5, 0.6) is 5.75 Å². The van der Waals surface area contributed by atoms with E-state index >= 15 is 0 Å². The number of rotatable bonds is 4. The van der Waals surface area contributed by atoms with Crippen LogP contribution in [0.25, 0.3) is 0 Å². The first-order valence-corrected chi connectivity index (χ1v) is 9.44. The second kappa shape index (κ2) is 7.60. The highest BCUT2D eigenvalue weighted by atomic mass is 35.5. The van der Waals surface area contributed by atoms with E-state index in [9.17, 15) is 4.79 Å². The first-order valence-electron chi connectivity index (χ1n) is 9.06. The minimum absolute atomic E-state index is 0.234. The fourth-order valence-electron chi connectivity index (χ4n) is 3.40. The number of carbonyl (C=O) groups is 1. The number of ether oxygens (including phenoxy) is 1. The van der Waals surface area contributed by atoms with Crippen LogP contribution in [0.2, 0.25) is 5.02 Å². The van der Waals surface area contributed by atoms with Gasteiger partial charge in [-0.05, 0) is 49.2 Å². The number of fused-ring (bicyclic) bond motifs is 1. The molecule has 1 aliphatic heterocycles. The number of carbonyl (C=O) groups excluding carboxylic acids is 1. The lowest BCUT2D eigenvalue weighted by Gasteiger charge is -2.29. The van der Waals surface area contributed by atoms with E-state index in [1.54, 1.807) is 23.9 Å². The molecule has 1 amide bonds. The minimum atomic E-state index is -0.431. The largest absolute Gasteiger partial charge is 0.497 e. The molecule has 0 saturated heterocycles. The van der Waals surface area contributed by atoms with Crippen molar-refractivity contribution in [3.05, 3.63) is 76.2 Å². The first kappa shape index (κ1) is 19.0. The third-order valence-corrected chi connectivity index (χ3v) is 5.15. The Morgan fingerprint density at radius 3 is 2.69 bits per heavy atom. The first-order chi connectivity index (χ1) is 14.0. The number of anilines is 2. The monoisotopic (exact) mass is 409 g/mol. The van der Waals surface area contributed by atoms with Gasteiger partial charge in [0.05, 0.1) is 12.7 Å². The molecule has 0 saturated carbocycles. The zero-order valence-corrected chi connectivity index (χ0v) is 17.0. The van der Waals surface area contributed by atoms with Crippen LogP contribution in [0.4, 0.5) is 11.6 Å². The van der Waals surface area contributed by atoms with Gasteiger partial charge in [-0.1, -0.05) is 29.8 Å². The van der Waals surface area contributed by atoms with Crippen LogP contribution in [0.15, 0.2) is 60.1 Å². The number of hydrogen-bond acceptors (Lipinski definition) is 5. The molecule has 8 heteroatoms. The van der Waals surface area contributed by atoms with Crippen molar-refractivity contribution < 1.29 is 9.53 Å². The number of nitrogens with one attached hydrogen (secondary N) is 2. The normalized spacial score (nSPS) is 15.5. The van der Waals surface area contributed by atoms with Crippen LogP contribution < -0.4 is 15.4 Å². The molecular formula is C21H20ClN5O2. The molecule has 29 heavy (non-hydrogen) atoms. The predicted molar refractivity (Wildman–Crippen MR) is 112 cm³/mol. The van der Waals surface area contributed by atoms with E-state index in [4.69, 9.17) is 16.3 Å². The van der Waals surface area contributed by atoms with Crippen molar-refractivity contribution in [2.75, 3.05) is 17.7 Å². The summed E-state index contributed by atoms with van der Waals surface area (Å²) in [7, 11) is 1.62. The van der Waals surface area contributed by atoms with Gasteiger partial charge in [-0.15, -0.1) is 0 Å². The van der Waals surface area contributed by atoms with Crippen molar-refractivity contribution in [2.24, 2.45) is 0 Å². The Hall–Kier alpha value is -3.32. The van der Waals surface area contributed by atoms with Crippen LogP contribution in [0.1, 0.15) is 24.1 Å². The molecule has 0 fully saturated rings. The van der Waals surface area contributed by atoms with Crippen molar-refractivity contribution >= 4 is 29.1 Å². The number of amides is 1. The summed E-state index contributed by atoms with van der Waals surface area (Å²) >= 11 is 6.11. The highest BCUT2D eigenvalue weighted by molar-refractivity contribution is 6.31. The third-order valence-electron chi connectivity index (χ3n) is 4.92. The smallest absolute Gasteiger partial charge is 0.255 e. The van der Waals surface area contributed by atoms with Crippen LogP contribution in [-0.4, -0.2) is 27.8 Å². The van der Waals surface area contributed by atoms with Gasteiger partial charge in [-0.25, -0.2) is 4.68 Å². The molecule has 0 radical (unpaired) electrons. The van der Waals surface area contributed by atoms with E-state index in [0.29, 0.717) is 27.9 Å². The molecular weight excluding hydrogens is 390 g/mol. The number of allylic oxidation sites excluding steroid dienone is 1. The standard InChI is InChI=1S/C21H20ClN5O2/c1-12-4-7-15(22)10-17(12)26-20(28)18-13(2)25-21-23-11-24-27(21)19(18)14-5-8-16(29-3)9-6-14/h4-11,19H,1-3H3,(H,26,28)(H,23,24,25)/t19-/m0/s1. The van der Waals surface area contributed by atoms with Crippen LogP contribution in [-0.2, 0) is 4.79 Å². The van der Waals surface area contributed by atoms with Gasteiger partial charge >= 0.3 is 0 Å². The van der Waals surface area contributed by atoms with Crippen molar-refractivity contribution in [1.29, 1.82) is 0 Å². The highest BCUT2D eigenvalue weighted by Crippen LogP contribution is 2.36. The second-order valence-electron chi connectivity index (χ2n) is 6.78. The van der Waals surface area contributed by atoms with Gasteiger partial charge in [0, 0.05) is 16.4 Å². The van der Waals surface area contributed by atoms with E-state index in [2.05, 4.69) is 20.7 Å². The lowest BCUT2D eigenvalue weighted by atomic mass is 9.95. The highest BCUT2D eigenvalue weighted by Gasteiger charge is 2.33. The summed E-state index contributed by atoms with van der Waals surface area (Å²) in [5.74, 6) is 1.09. The molecule has 148 valence electrons. The Balaban J connectivity index is 1.76. The molecule has 1 atom stereocenters. The maximum absolute atomic E-state index is 13.3. The molecule has 3 aromatic rings. The molecule has 2 heterocycles. The Morgan fingerprint density at radius 2 is 1.97 bits per heavy atom. The summed E-state index contributed by atoms with van der Waals surface area (Å²) in [5.41, 5.74) is 3.75. The van der Waals surface area contributed by atoms with E-state index in [1.165, 1.54) is 6.33 Å². The zero-order chi connectivity index (χ0) is 20.5. The van der Waals surface area contributed by atoms with Crippen LogP contribution >= 0.6 is 11.6 Å². The summed E-state index contributed by atoms with van der Waals surface area (Å²) in [6, 6.07) is 12.5. The predicted octanol–water partition coefficient (Wildman–Crippen LogP) is 4.18. The molecule has 1 aliphatic rings. The summed E-state index contributed by atoms with van der Waals surface area (Å²) in [6.07, 6.45) is 1.47. The van der Waals surface area contributed by atoms with Gasteiger partial charge in [-0.3, -0.25) is 4.79 Å². The fraction of sp³-hybridized carbons (Fsp3) is 0.190. The molecule has 0 unspecified atom stereocenters. The molecule has 4 rings (SSSR count). The number of aromatic nitrogens is 3. The average Bonchev–Trinajstić information content (AvgIpc) is 3.17. The van der Waals surface area contributed by atoms with Gasteiger partial charge in [-0.2, -0.15) is 10.1 Å². The zero-order valence-electron chi connectivity index (χ0n) is 16.2. The third kappa shape index (κ3) is 3.56. The Morgan fingerprint density at radius 1 is 1.21 bits per heavy atom. The molecule has 2 N–H and O–H groups in total. The van der Waals surface area contributed by atoms with Crippen molar-refractivity contribution in [2.45, 2.75) is 19.9 Å². The molecule has 0 bridgehead atoms. The van der Waals surface area contributed by atoms with E-state index in [0.717, 1.165) is 16.9 Å². The van der Waals surface area contributed by atoms with Gasteiger partial charge < -0.3 is 15.4 Å². The quantitative estimate of drug-likeness (QED) is 0.675. The van der Waals surface area contributed by atoms with Crippen molar-refractivity contribution in [3.8, 4) is 5.75 Å². The molecule has 7 nitrogen and oxygen atoms in total. The number of methoxy groups -OCH3 is 1. The van der Waals surface area contributed by atoms with Crippen LogP contribution in [0.3, 0.4) is 0 Å². The lowest BCUT2D eigenvalue weighted by molar-refractivity contribution is -0.113. The summed E-state index contributed by atoms with van der Waals surface area (Å²) in [6.45, 7) is 3.78. The maximum Gasteiger partial charge on any atom is 0.255 e. The van der Waals surface area contributed by atoms with E-state index < -0.39 is 6.04 Å². The van der Waals surface area contributed by atoms with Gasteiger partial charge in [0.15, 0.2) is 0 Å². The number of benzene rings is 2. The lowest BCUT2D eigenvalue weighted by Crippen LogP contribution is -2.31. The van der Waals surface area contributed by atoms with Gasteiger partial charge in [0.25, 0.3) is 5.91 Å². The van der Waals surface area contributed by atoms with E-state index in [1.807, 2.05) is 44.2 Å². The average molecular weight is 410 g/mol. The molecule has 1 aromatic heterocycles. The van der Waals surface area contributed by atoms with Gasteiger partial charge in [0.1, 0.15) is 18.1 Å². The SMILES string of the molecule is COc1ccc([C@H]2C(C(=O)Nc3cc(Cl)ccc3C)=C(C)Nc3ncnn32)cc1. The number of halogens is 1. The number of hydrogen-bond donors (Lipinski definition) is 2. The van der Waals surface area contributed by atoms with Gasteiger partial charge in [0.2, 0.25) is 5.95 Å². The van der Waals surface area contributed by atoms with E-state index in [-0.39, 0.29) is 5.91 Å². The Kier molecular flexibility index (Phi) is 4.98.